The minimum atomic E-state index is -4.22. The molecule has 3 heterocycles. The molecule has 0 saturated carbocycles. The molecule has 182 valence electrons. The highest BCUT2D eigenvalue weighted by atomic mass is 19.4. The normalized spacial score (nSPS) is 17.9. The van der Waals surface area contributed by atoms with Crippen LogP contribution >= 0.6 is 0 Å². The largest absolute Gasteiger partial charge is 0.496 e. The number of hydrogen-bond acceptors (Lipinski definition) is 5. The van der Waals surface area contributed by atoms with Crippen LogP contribution in [-0.4, -0.2) is 70.3 Å². The quantitative estimate of drug-likeness (QED) is 0.527. The summed E-state index contributed by atoms with van der Waals surface area (Å²) in [4.78, 5) is 22.5. The molecule has 0 amide bonds. The summed E-state index contributed by atoms with van der Waals surface area (Å²) in [7, 11) is 1.62. The molecular formula is C24H27F3N4O3. The number of nitrogens with one attached hydrogen (secondary N) is 1. The minimum absolute atomic E-state index is 0.0747. The third kappa shape index (κ3) is 5.18. The van der Waals surface area contributed by atoms with Crippen molar-refractivity contribution in [3.05, 3.63) is 59.0 Å². The second-order valence-corrected chi connectivity index (χ2v) is 8.57. The summed E-state index contributed by atoms with van der Waals surface area (Å²) in [6.45, 7) is 3.88. The van der Waals surface area contributed by atoms with Gasteiger partial charge in [0.1, 0.15) is 11.4 Å². The molecule has 7 nitrogen and oxygen atoms in total. The second-order valence-electron chi connectivity index (χ2n) is 8.57. The van der Waals surface area contributed by atoms with Gasteiger partial charge in [-0.05, 0) is 36.2 Å². The molecular weight excluding hydrogens is 449 g/mol. The van der Waals surface area contributed by atoms with Crippen LogP contribution in [0.5, 0.6) is 5.75 Å². The van der Waals surface area contributed by atoms with Crippen LogP contribution in [-0.2, 0) is 6.54 Å². The molecule has 0 aliphatic carbocycles. The number of aromatic carboxylic acids is 1. The molecule has 0 radical (unpaired) electrons. The van der Waals surface area contributed by atoms with Gasteiger partial charge < -0.3 is 14.8 Å². The number of carboxylic acid groups (broad SMARTS) is 1. The first-order valence-electron chi connectivity index (χ1n) is 11.0. The maximum Gasteiger partial charge on any atom is 0.390 e. The molecule has 1 aromatic carbocycles. The Kier molecular flexibility index (Phi) is 6.81. The van der Waals surface area contributed by atoms with Gasteiger partial charge in [0.25, 0.3) is 0 Å². The zero-order valence-corrected chi connectivity index (χ0v) is 19.0. The Morgan fingerprint density at radius 1 is 1.29 bits per heavy atom. The average Bonchev–Trinajstić information content (AvgIpc) is 3.30. The summed E-state index contributed by atoms with van der Waals surface area (Å²) >= 11 is 0. The fraction of sp³-hybridized carbons (Fsp3) is 0.417. The number of halogens is 3. The summed E-state index contributed by atoms with van der Waals surface area (Å²) in [5.74, 6) is -0.375. The van der Waals surface area contributed by atoms with Crippen LogP contribution in [0, 0.1) is 6.92 Å². The van der Waals surface area contributed by atoms with E-state index in [2.05, 4.69) is 14.9 Å². The van der Waals surface area contributed by atoms with Crippen LogP contribution in [0.2, 0.25) is 0 Å². The highest BCUT2D eigenvalue weighted by Gasteiger charge is 2.33. The van der Waals surface area contributed by atoms with Gasteiger partial charge in [-0.15, -0.1) is 0 Å². The third-order valence-electron chi connectivity index (χ3n) is 6.37. The molecule has 3 aromatic rings. The molecule has 0 bridgehead atoms. The van der Waals surface area contributed by atoms with E-state index >= 15 is 0 Å². The van der Waals surface area contributed by atoms with Crippen molar-refractivity contribution in [2.24, 2.45) is 0 Å². The molecule has 4 rings (SSSR count). The lowest BCUT2D eigenvalue weighted by Crippen LogP contribution is -2.48. The summed E-state index contributed by atoms with van der Waals surface area (Å²) in [5, 5.41) is 10.2. The van der Waals surface area contributed by atoms with Crippen LogP contribution in [0.25, 0.3) is 10.9 Å². The number of carboxylic acids is 1. The number of ether oxygens (including phenoxy) is 1. The number of hydrogen-bond donors (Lipinski definition) is 2. The van der Waals surface area contributed by atoms with Gasteiger partial charge in [0.2, 0.25) is 0 Å². The standard InChI is InChI=1S/C24H27F3N4O3/c1-15-11-21(34-2)18(17-5-7-28-22(15)17)13-31-10-9-30(8-6-24(25,26)27)14-20(31)16-3-4-19(23(32)33)29-12-16/h3-5,7,11-12,20,28H,6,8-10,13-14H2,1-2H3,(H,32,33). The molecule has 1 unspecified atom stereocenters. The Morgan fingerprint density at radius 3 is 2.74 bits per heavy atom. The predicted molar refractivity (Wildman–Crippen MR) is 121 cm³/mol. The van der Waals surface area contributed by atoms with Crippen LogP contribution in [0.4, 0.5) is 13.2 Å². The molecule has 1 fully saturated rings. The Bertz CT molecular complexity index is 1160. The highest BCUT2D eigenvalue weighted by molar-refractivity contribution is 5.88. The van der Waals surface area contributed by atoms with Crippen molar-refractivity contribution in [2.75, 3.05) is 33.3 Å². The zero-order valence-electron chi connectivity index (χ0n) is 19.0. The van der Waals surface area contributed by atoms with E-state index in [1.807, 2.05) is 25.3 Å². The molecule has 1 aliphatic heterocycles. The molecule has 34 heavy (non-hydrogen) atoms. The number of aromatic nitrogens is 2. The van der Waals surface area contributed by atoms with Crippen molar-refractivity contribution < 1.29 is 27.8 Å². The highest BCUT2D eigenvalue weighted by Crippen LogP contribution is 2.35. The van der Waals surface area contributed by atoms with Crippen molar-refractivity contribution in [3.8, 4) is 5.75 Å². The SMILES string of the molecule is COc1cc(C)c2[nH]ccc2c1CN1CCN(CCC(F)(F)F)CC1c1ccc(C(=O)O)nc1. The van der Waals surface area contributed by atoms with E-state index in [0.717, 1.165) is 33.3 Å². The number of piperazine rings is 1. The second kappa shape index (κ2) is 9.63. The lowest BCUT2D eigenvalue weighted by Gasteiger charge is -2.42. The molecule has 10 heteroatoms. The number of rotatable bonds is 7. The number of aryl methyl sites for hydroxylation is 1. The Hall–Kier alpha value is -3.11. The third-order valence-corrected chi connectivity index (χ3v) is 6.37. The zero-order chi connectivity index (χ0) is 24.5. The van der Waals surface area contributed by atoms with Crippen molar-refractivity contribution in [3.63, 3.8) is 0 Å². The number of carbonyl (C=O) groups is 1. The van der Waals surface area contributed by atoms with E-state index in [1.165, 1.54) is 12.3 Å². The van der Waals surface area contributed by atoms with Crippen molar-refractivity contribution in [1.29, 1.82) is 0 Å². The Morgan fingerprint density at radius 2 is 2.09 bits per heavy atom. The van der Waals surface area contributed by atoms with E-state index in [0.29, 0.717) is 26.2 Å². The monoisotopic (exact) mass is 476 g/mol. The number of aromatic amines is 1. The number of pyridine rings is 1. The number of nitrogens with zero attached hydrogens (tertiary/aromatic N) is 3. The Balaban J connectivity index is 1.65. The number of benzene rings is 1. The maximum atomic E-state index is 12.8. The van der Waals surface area contributed by atoms with Gasteiger partial charge in [0, 0.05) is 67.6 Å². The minimum Gasteiger partial charge on any atom is -0.496 e. The predicted octanol–water partition coefficient (Wildman–Crippen LogP) is 4.39. The maximum absolute atomic E-state index is 12.8. The topological polar surface area (TPSA) is 81.7 Å². The summed E-state index contributed by atoms with van der Waals surface area (Å²) < 4.78 is 44.2. The lowest BCUT2D eigenvalue weighted by molar-refractivity contribution is -0.139. The van der Waals surface area contributed by atoms with Crippen LogP contribution in [0.1, 0.15) is 39.6 Å². The average molecular weight is 476 g/mol. The Labute approximate surface area is 195 Å². The molecule has 1 atom stereocenters. The van der Waals surface area contributed by atoms with Gasteiger partial charge in [-0.3, -0.25) is 9.80 Å². The van der Waals surface area contributed by atoms with Gasteiger partial charge in [-0.2, -0.15) is 13.2 Å². The summed E-state index contributed by atoms with van der Waals surface area (Å²) in [6, 6.07) is 6.85. The van der Waals surface area contributed by atoms with Gasteiger partial charge in [-0.1, -0.05) is 6.07 Å². The number of H-pyrrole nitrogens is 1. The van der Waals surface area contributed by atoms with E-state index in [4.69, 9.17) is 4.74 Å². The van der Waals surface area contributed by atoms with E-state index < -0.39 is 18.6 Å². The van der Waals surface area contributed by atoms with E-state index in [9.17, 15) is 23.1 Å². The van der Waals surface area contributed by atoms with E-state index in [-0.39, 0.29) is 18.3 Å². The number of fused-ring (bicyclic) bond motifs is 1. The number of methoxy groups -OCH3 is 1. The van der Waals surface area contributed by atoms with Crippen LogP contribution < -0.4 is 4.74 Å². The summed E-state index contributed by atoms with van der Waals surface area (Å²) in [5.41, 5.74) is 3.76. The molecule has 2 N–H and O–H groups in total. The first kappa shape index (κ1) is 24.0. The van der Waals surface area contributed by atoms with Crippen LogP contribution in [0.15, 0.2) is 36.7 Å². The first-order chi connectivity index (χ1) is 16.2. The lowest BCUT2D eigenvalue weighted by atomic mass is 10.00. The van der Waals surface area contributed by atoms with Crippen molar-refractivity contribution in [2.45, 2.75) is 32.1 Å². The van der Waals surface area contributed by atoms with E-state index in [1.54, 1.807) is 18.1 Å². The summed E-state index contributed by atoms with van der Waals surface area (Å²) in [6.07, 6.45) is -1.70. The smallest absolute Gasteiger partial charge is 0.390 e. The molecule has 1 aliphatic rings. The number of alkyl halides is 3. The molecule has 0 spiro atoms. The van der Waals surface area contributed by atoms with Gasteiger partial charge in [0.15, 0.2) is 0 Å². The molecule has 1 saturated heterocycles. The van der Waals surface area contributed by atoms with Crippen molar-refractivity contribution >= 4 is 16.9 Å². The fourth-order valence-electron chi connectivity index (χ4n) is 4.58. The van der Waals surface area contributed by atoms with Gasteiger partial charge in [0.05, 0.1) is 13.5 Å². The van der Waals surface area contributed by atoms with Gasteiger partial charge in [-0.25, -0.2) is 9.78 Å². The van der Waals surface area contributed by atoms with Crippen LogP contribution in [0.3, 0.4) is 0 Å². The van der Waals surface area contributed by atoms with Crippen molar-refractivity contribution in [1.82, 2.24) is 19.8 Å². The fourth-order valence-corrected chi connectivity index (χ4v) is 4.58. The van der Waals surface area contributed by atoms with Gasteiger partial charge >= 0.3 is 12.1 Å². The first-order valence-corrected chi connectivity index (χ1v) is 11.0. The molecule has 2 aromatic heterocycles.